The van der Waals surface area contributed by atoms with Gasteiger partial charge in [-0.2, -0.15) is 0 Å². The molecule has 1 aliphatic carbocycles. The zero-order valence-corrected chi connectivity index (χ0v) is 10.0. The number of benzene rings is 1. The summed E-state index contributed by atoms with van der Waals surface area (Å²) < 4.78 is 11.0. The highest BCUT2D eigenvalue weighted by molar-refractivity contribution is 5.54. The van der Waals surface area contributed by atoms with Gasteiger partial charge in [0.15, 0.2) is 0 Å². The predicted octanol–water partition coefficient (Wildman–Crippen LogP) is 2.64. The second-order valence-corrected chi connectivity index (χ2v) is 4.49. The first kappa shape index (κ1) is 11.1. The first-order valence-electron chi connectivity index (χ1n) is 6.17. The molecule has 1 fully saturated rings. The van der Waals surface area contributed by atoms with Crippen LogP contribution >= 0.6 is 0 Å². The van der Waals surface area contributed by atoms with Crippen molar-refractivity contribution in [3.63, 3.8) is 0 Å². The smallest absolute Gasteiger partial charge is 0.313 e. The molecule has 1 aromatic heterocycles. The van der Waals surface area contributed by atoms with Crippen molar-refractivity contribution in [1.29, 1.82) is 0 Å². The lowest BCUT2D eigenvalue weighted by Crippen LogP contribution is -2.10. The van der Waals surface area contributed by atoms with Crippen molar-refractivity contribution in [2.45, 2.75) is 31.8 Å². The molecule has 0 unspecified atom stereocenters. The Morgan fingerprint density at radius 3 is 2.44 bits per heavy atom. The Balaban J connectivity index is 1.72. The Labute approximate surface area is 105 Å². The van der Waals surface area contributed by atoms with Crippen LogP contribution in [0, 0.1) is 0 Å². The summed E-state index contributed by atoms with van der Waals surface area (Å²) in [6.45, 7) is 0. The van der Waals surface area contributed by atoms with E-state index in [0.29, 0.717) is 12.0 Å². The van der Waals surface area contributed by atoms with Crippen LogP contribution in [0.4, 0.5) is 6.01 Å². The zero-order valence-electron chi connectivity index (χ0n) is 10.0. The summed E-state index contributed by atoms with van der Waals surface area (Å²) in [5.74, 6) is 1.32. The van der Waals surface area contributed by atoms with Crippen LogP contribution in [0.15, 0.2) is 28.7 Å². The third kappa shape index (κ3) is 2.30. The number of anilines is 1. The number of hydrogen-bond donors (Lipinski definition) is 1. The maximum atomic E-state index is 5.88. The Morgan fingerprint density at radius 2 is 1.83 bits per heavy atom. The van der Waals surface area contributed by atoms with E-state index in [1.807, 2.05) is 24.3 Å². The van der Waals surface area contributed by atoms with Crippen molar-refractivity contribution in [3.8, 4) is 17.2 Å². The van der Waals surface area contributed by atoms with Gasteiger partial charge in [0.2, 0.25) is 5.89 Å². The summed E-state index contributed by atoms with van der Waals surface area (Å²) in [6, 6.07) is 7.73. The van der Waals surface area contributed by atoms with Gasteiger partial charge in [0, 0.05) is 5.56 Å². The lowest BCUT2D eigenvalue weighted by Gasteiger charge is -2.12. The molecule has 0 saturated heterocycles. The van der Waals surface area contributed by atoms with Crippen molar-refractivity contribution < 1.29 is 9.15 Å². The molecular weight excluding hydrogens is 230 g/mol. The van der Waals surface area contributed by atoms with E-state index in [0.717, 1.165) is 24.2 Å². The molecular formula is C13H15N3O2. The van der Waals surface area contributed by atoms with Crippen LogP contribution < -0.4 is 10.5 Å². The maximum absolute atomic E-state index is 5.88. The molecule has 3 rings (SSSR count). The van der Waals surface area contributed by atoms with Gasteiger partial charge in [0.1, 0.15) is 5.75 Å². The third-order valence-corrected chi connectivity index (χ3v) is 3.15. The van der Waals surface area contributed by atoms with Gasteiger partial charge in [0.05, 0.1) is 6.10 Å². The van der Waals surface area contributed by atoms with E-state index in [1.54, 1.807) is 0 Å². The molecule has 1 aliphatic rings. The molecule has 94 valence electrons. The first-order chi connectivity index (χ1) is 8.81. The van der Waals surface area contributed by atoms with E-state index in [-0.39, 0.29) is 6.01 Å². The van der Waals surface area contributed by atoms with Gasteiger partial charge in [-0.05, 0) is 49.9 Å². The largest absolute Gasteiger partial charge is 0.490 e. The molecule has 0 spiro atoms. The second kappa shape index (κ2) is 4.68. The van der Waals surface area contributed by atoms with Crippen molar-refractivity contribution in [2.75, 3.05) is 5.73 Å². The van der Waals surface area contributed by atoms with Gasteiger partial charge in [0.25, 0.3) is 0 Å². The van der Waals surface area contributed by atoms with E-state index >= 15 is 0 Å². The van der Waals surface area contributed by atoms with Gasteiger partial charge < -0.3 is 14.9 Å². The number of nitrogens with zero attached hydrogens (tertiary/aromatic N) is 2. The Hall–Kier alpha value is -2.04. The molecule has 0 bridgehead atoms. The fourth-order valence-electron chi connectivity index (χ4n) is 2.23. The molecule has 5 heteroatoms. The van der Waals surface area contributed by atoms with Gasteiger partial charge in [-0.1, -0.05) is 5.10 Å². The molecule has 1 aromatic carbocycles. The molecule has 0 radical (unpaired) electrons. The van der Waals surface area contributed by atoms with Crippen molar-refractivity contribution in [3.05, 3.63) is 24.3 Å². The van der Waals surface area contributed by atoms with Crippen molar-refractivity contribution in [1.82, 2.24) is 10.2 Å². The average molecular weight is 245 g/mol. The zero-order chi connectivity index (χ0) is 12.4. The quantitative estimate of drug-likeness (QED) is 0.899. The number of nitrogen functional groups attached to an aromatic ring is 1. The van der Waals surface area contributed by atoms with Crippen LogP contribution in [-0.4, -0.2) is 16.3 Å². The molecule has 5 nitrogen and oxygen atoms in total. The van der Waals surface area contributed by atoms with E-state index in [4.69, 9.17) is 14.9 Å². The molecule has 2 aromatic rings. The first-order valence-corrected chi connectivity index (χ1v) is 6.17. The summed E-state index contributed by atoms with van der Waals surface area (Å²) >= 11 is 0. The molecule has 2 N–H and O–H groups in total. The van der Waals surface area contributed by atoms with E-state index in [9.17, 15) is 0 Å². The minimum absolute atomic E-state index is 0.0799. The number of hydrogen-bond acceptors (Lipinski definition) is 5. The topological polar surface area (TPSA) is 74.2 Å². The van der Waals surface area contributed by atoms with Crippen LogP contribution in [0.2, 0.25) is 0 Å². The number of rotatable bonds is 3. The summed E-state index contributed by atoms with van der Waals surface area (Å²) in [7, 11) is 0. The van der Waals surface area contributed by atoms with Gasteiger partial charge in [-0.25, -0.2) is 0 Å². The fourth-order valence-corrected chi connectivity index (χ4v) is 2.23. The predicted molar refractivity (Wildman–Crippen MR) is 67.0 cm³/mol. The van der Waals surface area contributed by atoms with Crippen LogP contribution in [0.5, 0.6) is 5.75 Å². The fraction of sp³-hybridized carbons (Fsp3) is 0.385. The number of ether oxygens (including phenoxy) is 1. The Kier molecular flexibility index (Phi) is 2.88. The van der Waals surface area contributed by atoms with Crippen molar-refractivity contribution >= 4 is 6.01 Å². The minimum atomic E-state index is 0.0799. The number of aromatic nitrogens is 2. The van der Waals surface area contributed by atoms with Gasteiger partial charge in [-0.15, -0.1) is 5.10 Å². The Bertz CT molecular complexity index is 515. The van der Waals surface area contributed by atoms with Gasteiger partial charge >= 0.3 is 6.01 Å². The summed E-state index contributed by atoms with van der Waals surface area (Å²) in [6.07, 6.45) is 5.22. The van der Waals surface area contributed by atoms with Crippen LogP contribution in [-0.2, 0) is 0 Å². The summed E-state index contributed by atoms with van der Waals surface area (Å²) in [5, 5.41) is 7.46. The van der Waals surface area contributed by atoms with E-state index < -0.39 is 0 Å². The standard InChI is InChI=1S/C13H15N3O2/c14-13-16-15-12(18-13)9-5-7-11(8-6-9)17-10-3-1-2-4-10/h5-8,10H,1-4H2,(H2,14,16). The van der Waals surface area contributed by atoms with E-state index in [2.05, 4.69) is 10.2 Å². The Morgan fingerprint density at radius 1 is 1.11 bits per heavy atom. The lowest BCUT2D eigenvalue weighted by atomic mass is 10.2. The normalized spacial score (nSPS) is 16.0. The summed E-state index contributed by atoms with van der Waals surface area (Å²) in [5.41, 5.74) is 6.24. The maximum Gasteiger partial charge on any atom is 0.313 e. The average Bonchev–Trinajstić information content (AvgIpc) is 3.02. The minimum Gasteiger partial charge on any atom is -0.490 e. The van der Waals surface area contributed by atoms with Crippen LogP contribution in [0.3, 0.4) is 0 Å². The monoisotopic (exact) mass is 245 g/mol. The number of nitrogens with two attached hydrogens (primary N) is 1. The molecule has 1 saturated carbocycles. The molecule has 18 heavy (non-hydrogen) atoms. The van der Waals surface area contributed by atoms with Gasteiger partial charge in [-0.3, -0.25) is 0 Å². The van der Waals surface area contributed by atoms with Crippen LogP contribution in [0.25, 0.3) is 11.5 Å². The van der Waals surface area contributed by atoms with Crippen LogP contribution in [0.1, 0.15) is 25.7 Å². The highest BCUT2D eigenvalue weighted by Gasteiger charge is 2.16. The molecule has 0 aliphatic heterocycles. The lowest BCUT2D eigenvalue weighted by molar-refractivity contribution is 0.210. The highest BCUT2D eigenvalue weighted by atomic mass is 16.5. The van der Waals surface area contributed by atoms with E-state index in [1.165, 1.54) is 12.8 Å². The second-order valence-electron chi connectivity index (χ2n) is 4.49. The molecule has 1 heterocycles. The SMILES string of the molecule is Nc1nnc(-c2ccc(OC3CCCC3)cc2)o1. The third-order valence-electron chi connectivity index (χ3n) is 3.15. The molecule has 0 atom stereocenters. The molecule has 0 amide bonds. The van der Waals surface area contributed by atoms with Crippen molar-refractivity contribution in [2.24, 2.45) is 0 Å². The summed E-state index contributed by atoms with van der Waals surface area (Å²) in [4.78, 5) is 0. The highest BCUT2D eigenvalue weighted by Crippen LogP contribution is 2.26.